The summed E-state index contributed by atoms with van der Waals surface area (Å²) in [6, 6.07) is 6.03. The van der Waals surface area contributed by atoms with E-state index in [1.165, 1.54) is 0 Å². The number of carbonyl (C=O) groups excluding carboxylic acids is 2. The number of hydrogen-bond donors (Lipinski definition) is 1. The number of carbonyl (C=O) groups is 2. The SMILES string of the molecule is COc1cc(-c2cn3ncc(C)c3c(O[C@H](C)[C@H]3CNC(=O)C3)n2)ccc1N1CCN(C(C)=O)CC1. The maximum absolute atomic E-state index is 11.7. The van der Waals surface area contributed by atoms with Crippen molar-refractivity contribution in [3.05, 3.63) is 36.2 Å². The number of anilines is 1. The molecule has 2 amide bonds. The summed E-state index contributed by atoms with van der Waals surface area (Å²) in [4.78, 5) is 32.4. The number of hydrogen-bond acceptors (Lipinski definition) is 7. The van der Waals surface area contributed by atoms with Gasteiger partial charge in [-0.05, 0) is 26.0 Å². The second kappa shape index (κ2) is 9.67. The average Bonchev–Trinajstić information content (AvgIpc) is 3.49. The van der Waals surface area contributed by atoms with E-state index in [2.05, 4.69) is 15.3 Å². The van der Waals surface area contributed by atoms with Crippen LogP contribution in [0.15, 0.2) is 30.6 Å². The minimum atomic E-state index is -0.185. The smallest absolute Gasteiger partial charge is 0.241 e. The van der Waals surface area contributed by atoms with E-state index in [1.807, 2.05) is 43.1 Å². The molecule has 36 heavy (non-hydrogen) atoms. The second-order valence-electron chi connectivity index (χ2n) is 9.52. The Bertz CT molecular complexity index is 1300. The van der Waals surface area contributed by atoms with Gasteiger partial charge in [0.25, 0.3) is 0 Å². The highest BCUT2D eigenvalue weighted by atomic mass is 16.5. The predicted octanol–water partition coefficient (Wildman–Crippen LogP) is 2.29. The molecule has 0 radical (unpaired) electrons. The Hall–Kier alpha value is -3.82. The number of nitrogens with one attached hydrogen (secondary N) is 1. The highest BCUT2D eigenvalue weighted by Gasteiger charge is 2.29. The van der Waals surface area contributed by atoms with Crippen molar-refractivity contribution in [3.63, 3.8) is 0 Å². The second-order valence-corrected chi connectivity index (χ2v) is 9.52. The van der Waals surface area contributed by atoms with Crippen molar-refractivity contribution >= 4 is 23.0 Å². The molecule has 0 aliphatic carbocycles. The number of amides is 2. The van der Waals surface area contributed by atoms with E-state index in [4.69, 9.17) is 14.5 Å². The largest absolute Gasteiger partial charge is 0.495 e. The summed E-state index contributed by atoms with van der Waals surface area (Å²) in [5, 5.41) is 7.37. The third-order valence-electron chi connectivity index (χ3n) is 7.16. The van der Waals surface area contributed by atoms with Crippen LogP contribution in [-0.2, 0) is 9.59 Å². The van der Waals surface area contributed by atoms with Crippen LogP contribution in [0.1, 0.15) is 25.8 Å². The maximum atomic E-state index is 11.7. The molecule has 3 aromatic rings. The van der Waals surface area contributed by atoms with Gasteiger partial charge in [-0.2, -0.15) is 5.10 Å². The van der Waals surface area contributed by atoms with E-state index in [9.17, 15) is 9.59 Å². The van der Waals surface area contributed by atoms with Gasteiger partial charge in [0.15, 0.2) is 0 Å². The Labute approximate surface area is 210 Å². The molecule has 1 N–H and O–H groups in total. The molecule has 10 nitrogen and oxygen atoms in total. The summed E-state index contributed by atoms with van der Waals surface area (Å²) in [6.07, 6.45) is 3.95. The number of methoxy groups -OCH3 is 1. The molecule has 5 rings (SSSR count). The van der Waals surface area contributed by atoms with Crippen molar-refractivity contribution in [1.82, 2.24) is 24.8 Å². The van der Waals surface area contributed by atoms with Gasteiger partial charge in [0, 0.05) is 63.1 Å². The van der Waals surface area contributed by atoms with Crippen molar-refractivity contribution in [2.24, 2.45) is 5.92 Å². The zero-order valence-electron chi connectivity index (χ0n) is 21.2. The molecular weight excluding hydrogens is 460 g/mol. The summed E-state index contributed by atoms with van der Waals surface area (Å²) >= 11 is 0. The lowest BCUT2D eigenvalue weighted by molar-refractivity contribution is -0.129. The number of fused-ring (bicyclic) bond motifs is 1. The zero-order chi connectivity index (χ0) is 25.4. The van der Waals surface area contributed by atoms with Crippen LogP contribution in [0.25, 0.3) is 16.8 Å². The maximum Gasteiger partial charge on any atom is 0.241 e. The molecule has 1 aromatic carbocycles. The van der Waals surface area contributed by atoms with E-state index in [-0.39, 0.29) is 23.8 Å². The van der Waals surface area contributed by atoms with E-state index in [1.54, 1.807) is 24.7 Å². The van der Waals surface area contributed by atoms with Crippen LogP contribution in [0.4, 0.5) is 5.69 Å². The van der Waals surface area contributed by atoms with Crippen LogP contribution in [0.5, 0.6) is 11.6 Å². The number of rotatable bonds is 6. The lowest BCUT2D eigenvalue weighted by Gasteiger charge is -2.36. The molecule has 0 spiro atoms. The third kappa shape index (κ3) is 4.55. The monoisotopic (exact) mass is 492 g/mol. The summed E-state index contributed by atoms with van der Waals surface area (Å²) in [5.41, 5.74) is 4.36. The van der Waals surface area contributed by atoms with Crippen molar-refractivity contribution < 1.29 is 19.1 Å². The first kappa shape index (κ1) is 23.9. The number of aryl methyl sites for hydroxylation is 1. The van der Waals surface area contributed by atoms with Gasteiger partial charge in [-0.25, -0.2) is 9.50 Å². The first-order valence-corrected chi connectivity index (χ1v) is 12.3. The van der Waals surface area contributed by atoms with Gasteiger partial charge in [0.2, 0.25) is 17.7 Å². The first-order chi connectivity index (χ1) is 17.3. The summed E-state index contributed by atoms with van der Waals surface area (Å²) in [6.45, 7) is 9.06. The van der Waals surface area contributed by atoms with Gasteiger partial charge in [-0.3, -0.25) is 9.59 Å². The number of ether oxygens (including phenoxy) is 2. The van der Waals surface area contributed by atoms with Crippen molar-refractivity contribution in [2.75, 3.05) is 44.7 Å². The Balaban J connectivity index is 1.45. The van der Waals surface area contributed by atoms with E-state index in [0.717, 1.165) is 41.2 Å². The molecule has 2 fully saturated rings. The lowest BCUT2D eigenvalue weighted by atomic mass is 10.0. The van der Waals surface area contributed by atoms with Crippen LogP contribution in [-0.4, -0.2) is 77.2 Å². The molecule has 2 aliphatic heterocycles. The van der Waals surface area contributed by atoms with Crippen LogP contribution >= 0.6 is 0 Å². The number of nitrogens with zero attached hydrogens (tertiary/aromatic N) is 5. The normalized spacial score (nSPS) is 18.9. The lowest BCUT2D eigenvalue weighted by Crippen LogP contribution is -2.48. The fourth-order valence-corrected chi connectivity index (χ4v) is 4.93. The van der Waals surface area contributed by atoms with Crippen LogP contribution in [0, 0.1) is 12.8 Å². The molecule has 4 heterocycles. The predicted molar refractivity (Wildman–Crippen MR) is 135 cm³/mol. The number of benzene rings is 1. The van der Waals surface area contributed by atoms with E-state index >= 15 is 0 Å². The van der Waals surface area contributed by atoms with Gasteiger partial charge in [-0.15, -0.1) is 0 Å². The summed E-state index contributed by atoms with van der Waals surface area (Å²) in [7, 11) is 1.66. The molecule has 2 aliphatic rings. The quantitative estimate of drug-likeness (QED) is 0.563. The third-order valence-corrected chi connectivity index (χ3v) is 7.16. The van der Waals surface area contributed by atoms with Gasteiger partial charge >= 0.3 is 0 Å². The van der Waals surface area contributed by atoms with E-state index in [0.29, 0.717) is 37.6 Å². The minimum absolute atomic E-state index is 0.0535. The van der Waals surface area contributed by atoms with E-state index < -0.39 is 0 Å². The molecule has 2 saturated heterocycles. The number of aromatic nitrogens is 3. The Morgan fingerprint density at radius 1 is 1.22 bits per heavy atom. The van der Waals surface area contributed by atoms with Crippen molar-refractivity contribution in [2.45, 2.75) is 33.3 Å². The summed E-state index contributed by atoms with van der Waals surface area (Å²) < 4.78 is 13.9. The molecule has 2 atom stereocenters. The standard InChI is InChI=1S/C26H32N6O4/c1-16-13-28-32-15-21(29-26(25(16)32)36-17(2)20-12-24(34)27-14-20)19-5-6-22(23(11-19)35-4)31-9-7-30(8-10-31)18(3)33/h5-6,11,13,15,17,20H,7-10,12,14H2,1-4H3,(H,27,34)/t17-,20-/m1/s1. The summed E-state index contributed by atoms with van der Waals surface area (Å²) in [5.74, 6) is 1.49. The molecule has 0 bridgehead atoms. The van der Waals surface area contributed by atoms with Crippen LogP contribution in [0.3, 0.4) is 0 Å². The first-order valence-electron chi connectivity index (χ1n) is 12.3. The van der Waals surface area contributed by atoms with Crippen LogP contribution in [0.2, 0.25) is 0 Å². The average molecular weight is 493 g/mol. The Morgan fingerprint density at radius 3 is 2.67 bits per heavy atom. The van der Waals surface area contributed by atoms with Gasteiger partial charge in [-0.1, -0.05) is 6.07 Å². The van der Waals surface area contributed by atoms with Crippen molar-refractivity contribution in [3.8, 4) is 22.9 Å². The van der Waals surface area contributed by atoms with Gasteiger partial charge in [0.1, 0.15) is 17.4 Å². The molecule has 10 heteroatoms. The minimum Gasteiger partial charge on any atom is -0.495 e. The Kier molecular flexibility index (Phi) is 6.42. The highest BCUT2D eigenvalue weighted by Crippen LogP contribution is 2.35. The molecule has 190 valence electrons. The molecular formula is C26H32N6O4. The fraction of sp³-hybridized carbons (Fsp3) is 0.462. The van der Waals surface area contributed by atoms with Crippen molar-refractivity contribution in [1.29, 1.82) is 0 Å². The molecule has 0 saturated carbocycles. The van der Waals surface area contributed by atoms with Gasteiger partial charge < -0.3 is 24.6 Å². The topological polar surface area (TPSA) is 101 Å². The molecule has 2 aromatic heterocycles. The zero-order valence-corrected chi connectivity index (χ0v) is 21.2. The van der Waals surface area contributed by atoms with Crippen LogP contribution < -0.4 is 19.7 Å². The Morgan fingerprint density at radius 2 is 2.00 bits per heavy atom. The number of piperazine rings is 1. The fourth-order valence-electron chi connectivity index (χ4n) is 4.93. The highest BCUT2D eigenvalue weighted by molar-refractivity contribution is 5.78. The molecule has 0 unspecified atom stereocenters. The van der Waals surface area contributed by atoms with Gasteiger partial charge in [0.05, 0.1) is 30.9 Å².